The van der Waals surface area contributed by atoms with E-state index in [-0.39, 0.29) is 5.82 Å². The second kappa shape index (κ2) is 5.09. The average Bonchev–Trinajstić information content (AvgIpc) is 2.33. The molecule has 16 heavy (non-hydrogen) atoms. The first kappa shape index (κ1) is 11.1. The van der Waals surface area contributed by atoms with E-state index in [0.717, 1.165) is 25.9 Å². The maximum absolute atomic E-state index is 13.5. The highest BCUT2D eigenvalue weighted by atomic mass is 19.1. The fourth-order valence-corrected chi connectivity index (χ4v) is 1.97. The van der Waals surface area contributed by atoms with Crippen molar-refractivity contribution in [2.45, 2.75) is 19.4 Å². The van der Waals surface area contributed by atoms with Crippen molar-refractivity contribution in [3.63, 3.8) is 0 Å². The highest BCUT2D eigenvalue weighted by molar-refractivity contribution is 5.33. The van der Waals surface area contributed by atoms with Crippen LogP contribution in [0.2, 0.25) is 0 Å². The van der Waals surface area contributed by atoms with Gasteiger partial charge >= 0.3 is 0 Å². The van der Waals surface area contributed by atoms with Crippen LogP contribution < -0.4 is 0 Å². The lowest BCUT2D eigenvalue weighted by Crippen LogP contribution is -2.29. The van der Waals surface area contributed by atoms with Gasteiger partial charge in [-0.25, -0.2) is 4.39 Å². The molecule has 1 aromatic rings. The molecule has 1 radical (unpaired) electrons. The van der Waals surface area contributed by atoms with Crippen molar-refractivity contribution in [1.82, 2.24) is 4.90 Å². The molecule has 83 valence electrons. The molecule has 0 N–H and O–H groups in total. The largest absolute Gasteiger partial charge is 0.299 e. The molecule has 0 saturated carbocycles. The van der Waals surface area contributed by atoms with Gasteiger partial charge in [0.25, 0.3) is 0 Å². The minimum atomic E-state index is -0.218. The molecule has 1 aliphatic rings. The first-order valence-electron chi connectivity index (χ1n) is 5.52. The van der Waals surface area contributed by atoms with E-state index in [1.807, 2.05) is 6.07 Å². The number of benzene rings is 1. The van der Waals surface area contributed by atoms with Crippen LogP contribution >= 0.6 is 0 Å². The first-order valence-corrected chi connectivity index (χ1v) is 5.52. The fraction of sp³-hybridized carbons (Fsp3) is 0.385. The number of piperidine rings is 1. The third-order valence-electron chi connectivity index (χ3n) is 2.84. The van der Waals surface area contributed by atoms with Gasteiger partial charge in [0.1, 0.15) is 5.82 Å². The Morgan fingerprint density at radius 2 is 2.31 bits per heavy atom. The molecule has 0 unspecified atom stereocenters. The molecule has 0 bridgehead atoms. The van der Waals surface area contributed by atoms with Gasteiger partial charge in [0, 0.05) is 18.7 Å². The third-order valence-corrected chi connectivity index (χ3v) is 2.84. The van der Waals surface area contributed by atoms with Crippen LogP contribution in [-0.4, -0.2) is 18.0 Å². The number of nitriles is 1. The molecule has 1 saturated heterocycles. The van der Waals surface area contributed by atoms with Crippen LogP contribution in [0, 0.1) is 23.6 Å². The van der Waals surface area contributed by atoms with Gasteiger partial charge in [-0.3, -0.25) is 4.90 Å². The third kappa shape index (κ3) is 2.59. The second-order valence-corrected chi connectivity index (χ2v) is 4.08. The second-order valence-electron chi connectivity index (χ2n) is 4.08. The smallest absolute Gasteiger partial charge is 0.127 e. The van der Waals surface area contributed by atoms with Crippen molar-refractivity contribution < 1.29 is 4.39 Å². The topological polar surface area (TPSA) is 27.0 Å². The molecule has 1 fully saturated rings. The van der Waals surface area contributed by atoms with E-state index in [4.69, 9.17) is 5.26 Å². The molecule has 3 heteroatoms. The molecule has 0 atom stereocenters. The van der Waals surface area contributed by atoms with Crippen molar-refractivity contribution in [1.29, 1.82) is 5.26 Å². The summed E-state index contributed by atoms with van der Waals surface area (Å²) in [5, 5.41) is 8.77. The van der Waals surface area contributed by atoms with Crippen LogP contribution in [0.5, 0.6) is 0 Å². The Balaban J connectivity index is 2.10. The molecule has 0 amide bonds. The molecule has 0 aromatic heterocycles. The highest BCUT2D eigenvalue weighted by Gasteiger charge is 2.13. The minimum absolute atomic E-state index is 0.218. The van der Waals surface area contributed by atoms with Gasteiger partial charge < -0.3 is 0 Å². The summed E-state index contributed by atoms with van der Waals surface area (Å²) in [5.41, 5.74) is 1.15. The molecule has 0 aliphatic carbocycles. The zero-order valence-electron chi connectivity index (χ0n) is 9.12. The van der Waals surface area contributed by atoms with E-state index in [0.29, 0.717) is 17.7 Å². The maximum Gasteiger partial charge on any atom is 0.127 e. The normalized spacial score (nSPS) is 17.0. The van der Waals surface area contributed by atoms with Crippen molar-refractivity contribution in [3.8, 4) is 6.07 Å². The summed E-state index contributed by atoms with van der Waals surface area (Å²) in [7, 11) is 0. The fourth-order valence-electron chi connectivity index (χ4n) is 1.97. The number of hydrogen-bond donors (Lipinski definition) is 0. The van der Waals surface area contributed by atoms with Crippen LogP contribution in [0.25, 0.3) is 0 Å². The lowest BCUT2D eigenvalue weighted by Gasteiger charge is -2.26. The van der Waals surface area contributed by atoms with Crippen molar-refractivity contribution in [2.75, 3.05) is 13.1 Å². The molecule has 1 heterocycles. The van der Waals surface area contributed by atoms with E-state index in [1.54, 1.807) is 6.07 Å². The summed E-state index contributed by atoms with van der Waals surface area (Å²) < 4.78 is 13.5. The van der Waals surface area contributed by atoms with E-state index in [9.17, 15) is 4.39 Å². The summed E-state index contributed by atoms with van der Waals surface area (Å²) in [6.07, 6.45) is 4.51. The standard InChI is InChI=1S/C13H14FN2/c14-13-5-4-11(9-15)8-12(13)10-16-6-2-1-3-7-16/h2,4-5,8H,1,3,6-7,10H2. The Labute approximate surface area is 95.3 Å². The molecule has 1 aromatic carbocycles. The van der Waals surface area contributed by atoms with Gasteiger partial charge in [-0.15, -0.1) is 0 Å². The predicted molar refractivity (Wildman–Crippen MR) is 59.9 cm³/mol. The number of hydrogen-bond acceptors (Lipinski definition) is 2. The molecule has 2 rings (SSSR count). The van der Waals surface area contributed by atoms with E-state index < -0.39 is 0 Å². The summed E-state index contributed by atoms with van der Waals surface area (Å²) in [5.74, 6) is -0.218. The lowest BCUT2D eigenvalue weighted by molar-refractivity contribution is 0.251. The van der Waals surface area contributed by atoms with E-state index in [2.05, 4.69) is 11.3 Å². The Morgan fingerprint density at radius 3 is 3.00 bits per heavy atom. The summed E-state index contributed by atoms with van der Waals surface area (Å²) in [6, 6.07) is 6.57. The Bertz CT molecular complexity index is 403. The zero-order valence-corrected chi connectivity index (χ0v) is 9.12. The summed E-state index contributed by atoms with van der Waals surface area (Å²) in [4.78, 5) is 2.20. The summed E-state index contributed by atoms with van der Waals surface area (Å²) >= 11 is 0. The number of likely N-dealkylation sites (tertiary alicyclic amines) is 1. The van der Waals surface area contributed by atoms with Gasteiger partial charge in [-0.2, -0.15) is 5.26 Å². The van der Waals surface area contributed by atoms with Crippen LogP contribution in [-0.2, 0) is 6.54 Å². The SMILES string of the molecule is N#Cc1ccc(F)c(CN2C[CH]CCC2)c1. The Hall–Kier alpha value is -1.40. The van der Waals surface area contributed by atoms with E-state index in [1.165, 1.54) is 12.1 Å². The van der Waals surface area contributed by atoms with Gasteiger partial charge in [0.05, 0.1) is 11.6 Å². The monoisotopic (exact) mass is 217 g/mol. The first-order chi connectivity index (χ1) is 7.79. The molecular weight excluding hydrogens is 203 g/mol. The van der Waals surface area contributed by atoms with Crippen molar-refractivity contribution in [2.24, 2.45) is 0 Å². The molecule has 2 nitrogen and oxygen atoms in total. The minimum Gasteiger partial charge on any atom is -0.299 e. The number of halogens is 1. The van der Waals surface area contributed by atoms with Crippen LogP contribution in [0.1, 0.15) is 24.0 Å². The molecule has 0 spiro atoms. The molecular formula is C13H14FN2. The quantitative estimate of drug-likeness (QED) is 0.761. The van der Waals surface area contributed by atoms with Crippen LogP contribution in [0.4, 0.5) is 4.39 Å². The number of rotatable bonds is 2. The van der Waals surface area contributed by atoms with Crippen LogP contribution in [0.3, 0.4) is 0 Å². The van der Waals surface area contributed by atoms with E-state index >= 15 is 0 Å². The van der Waals surface area contributed by atoms with Gasteiger partial charge in [0.15, 0.2) is 0 Å². The zero-order chi connectivity index (χ0) is 11.4. The predicted octanol–water partition coefficient (Wildman–Crippen LogP) is 2.50. The van der Waals surface area contributed by atoms with Crippen molar-refractivity contribution >= 4 is 0 Å². The summed E-state index contributed by atoms with van der Waals surface area (Å²) in [6.45, 7) is 2.51. The number of nitrogens with zero attached hydrogens (tertiary/aromatic N) is 2. The Kier molecular flexibility index (Phi) is 3.53. The highest BCUT2D eigenvalue weighted by Crippen LogP contribution is 2.16. The van der Waals surface area contributed by atoms with Gasteiger partial charge in [0.2, 0.25) is 0 Å². The van der Waals surface area contributed by atoms with Gasteiger partial charge in [-0.05, 0) is 44.0 Å². The maximum atomic E-state index is 13.5. The Morgan fingerprint density at radius 1 is 1.44 bits per heavy atom. The lowest BCUT2D eigenvalue weighted by atomic mass is 10.1. The van der Waals surface area contributed by atoms with Gasteiger partial charge in [-0.1, -0.05) is 0 Å². The van der Waals surface area contributed by atoms with Crippen molar-refractivity contribution in [3.05, 3.63) is 41.6 Å². The molecule has 1 aliphatic heterocycles. The average molecular weight is 217 g/mol. The van der Waals surface area contributed by atoms with Crippen LogP contribution in [0.15, 0.2) is 18.2 Å².